The fourth-order valence-electron chi connectivity index (χ4n) is 1.31. The van der Waals surface area contributed by atoms with Gasteiger partial charge in [-0.05, 0) is 18.1 Å². The second-order valence-corrected chi connectivity index (χ2v) is 3.92. The average molecular weight is 238 g/mol. The molecular weight excluding hydrogens is 224 g/mol. The Bertz CT molecular complexity index is 431. The number of nitrogens with zero attached hydrogens (tertiary/aromatic N) is 1. The Labute approximate surface area is 98.3 Å². The van der Waals surface area contributed by atoms with Crippen LogP contribution in [0.25, 0.3) is 0 Å². The Kier molecular flexibility index (Phi) is 4.03. The van der Waals surface area contributed by atoms with Crippen molar-refractivity contribution in [3.8, 4) is 0 Å². The van der Waals surface area contributed by atoms with Crippen LogP contribution in [0.1, 0.15) is 24.3 Å². The van der Waals surface area contributed by atoms with Crippen LogP contribution in [0.2, 0.25) is 0 Å². The van der Waals surface area contributed by atoms with Crippen molar-refractivity contribution in [1.82, 2.24) is 4.98 Å². The van der Waals surface area contributed by atoms with Crippen LogP contribution >= 0.6 is 0 Å². The highest BCUT2D eigenvalue weighted by atomic mass is 16.4. The van der Waals surface area contributed by atoms with Crippen LogP contribution in [0.5, 0.6) is 0 Å². The number of aliphatic carboxylic acids is 1. The summed E-state index contributed by atoms with van der Waals surface area (Å²) in [6, 6.07) is 3.59. The van der Waals surface area contributed by atoms with Crippen molar-refractivity contribution in [3.05, 3.63) is 23.9 Å². The zero-order chi connectivity index (χ0) is 13.0. The minimum Gasteiger partial charge on any atom is -0.480 e. The Morgan fingerprint density at radius 1 is 1.29 bits per heavy atom. The lowest BCUT2D eigenvalue weighted by Crippen LogP contribution is -2.34. The van der Waals surface area contributed by atoms with E-state index in [4.69, 9.17) is 10.2 Å². The van der Waals surface area contributed by atoms with Gasteiger partial charge in [0.15, 0.2) is 5.69 Å². The number of pyridine rings is 1. The third-order valence-electron chi connectivity index (χ3n) is 2.20. The van der Waals surface area contributed by atoms with Crippen molar-refractivity contribution in [2.24, 2.45) is 5.92 Å². The fourth-order valence-corrected chi connectivity index (χ4v) is 1.31. The molecular formula is C11H14N2O4. The largest absolute Gasteiger partial charge is 0.480 e. The third-order valence-corrected chi connectivity index (χ3v) is 2.20. The monoisotopic (exact) mass is 238 g/mol. The molecule has 0 aliphatic rings. The molecule has 0 amide bonds. The molecule has 6 nitrogen and oxygen atoms in total. The van der Waals surface area contributed by atoms with Crippen LogP contribution in [-0.2, 0) is 4.79 Å². The lowest BCUT2D eigenvalue weighted by molar-refractivity contribution is -0.138. The summed E-state index contributed by atoms with van der Waals surface area (Å²) in [7, 11) is 0. The maximum Gasteiger partial charge on any atom is 0.354 e. The maximum absolute atomic E-state index is 11.0. The molecule has 1 aromatic rings. The molecule has 1 aromatic heterocycles. The van der Waals surface area contributed by atoms with E-state index in [1.807, 2.05) is 0 Å². The van der Waals surface area contributed by atoms with Crippen molar-refractivity contribution >= 4 is 17.8 Å². The number of aromatic carboxylic acids is 1. The molecule has 0 fully saturated rings. The molecule has 0 bridgehead atoms. The summed E-state index contributed by atoms with van der Waals surface area (Å²) in [5, 5.41) is 20.4. The van der Waals surface area contributed by atoms with Crippen LogP contribution in [0.4, 0.5) is 5.82 Å². The smallest absolute Gasteiger partial charge is 0.354 e. The normalized spacial score (nSPS) is 12.2. The molecule has 0 radical (unpaired) electrons. The molecule has 0 saturated carbocycles. The number of rotatable bonds is 5. The van der Waals surface area contributed by atoms with E-state index in [0.29, 0.717) is 0 Å². The molecule has 0 spiro atoms. The lowest BCUT2D eigenvalue weighted by Gasteiger charge is -2.18. The predicted octanol–water partition coefficient (Wildman–Crippen LogP) is 1.30. The number of carboxylic acid groups (broad SMARTS) is 2. The quantitative estimate of drug-likeness (QED) is 0.715. The van der Waals surface area contributed by atoms with Crippen molar-refractivity contribution in [2.75, 3.05) is 5.32 Å². The minimum atomic E-state index is -1.15. The van der Waals surface area contributed by atoms with Gasteiger partial charge in [-0.15, -0.1) is 0 Å². The van der Waals surface area contributed by atoms with Crippen LogP contribution in [0, 0.1) is 5.92 Å². The first-order chi connectivity index (χ1) is 7.91. The molecule has 0 aromatic carbocycles. The second-order valence-electron chi connectivity index (χ2n) is 3.92. The Morgan fingerprint density at radius 2 is 1.94 bits per heavy atom. The van der Waals surface area contributed by atoms with Crippen molar-refractivity contribution in [2.45, 2.75) is 19.9 Å². The molecule has 1 rings (SSSR count). The van der Waals surface area contributed by atoms with Gasteiger partial charge in [0.2, 0.25) is 0 Å². The average Bonchev–Trinajstić information content (AvgIpc) is 2.25. The van der Waals surface area contributed by atoms with Crippen LogP contribution in [0.15, 0.2) is 18.2 Å². The number of hydrogen-bond acceptors (Lipinski definition) is 4. The van der Waals surface area contributed by atoms with Gasteiger partial charge in [0.1, 0.15) is 11.9 Å². The zero-order valence-electron chi connectivity index (χ0n) is 9.54. The van der Waals surface area contributed by atoms with E-state index >= 15 is 0 Å². The van der Waals surface area contributed by atoms with E-state index in [1.54, 1.807) is 13.8 Å². The molecule has 0 aliphatic heterocycles. The summed E-state index contributed by atoms with van der Waals surface area (Å²) in [5.74, 6) is -2.04. The van der Waals surface area contributed by atoms with Gasteiger partial charge in [-0.1, -0.05) is 19.9 Å². The third kappa shape index (κ3) is 3.44. The summed E-state index contributed by atoms with van der Waals surface area (Å²) < 4.78 is 0. The number of aromatic nitrogens is 1. The molecule has 1 heterocycles. The Morgan fingerprint density at radius 3 is 2.41 bits per heavy atom. The minimum absolute atomic E-state index is 0.122. The van der Waals surface area contributed by atoms with Gasteiger partial charge in [0, 0.05) is 0 Å². The Hall–Kier alpha value is -2.11. The standard InChI is InChI=1S/C11H14N2O4/c1-6(2)9(11(16)17)13-8-5-3-4-7(12-8)10(14)15/h3-6,9H,1-2H3,(H,12,13)(H,14,15)(H,16,17)/t9-/m0/s1. The highest BCUT2D eigenvalue weighted by molar-refractivity contribution is 5.86. The maximum atomic E-state index is 11.0. The van der Waals surface area contributed by atoms with Gasteiger partial charge in [0.25, 0.3) is 0 Å². The molecule has 6 heteroatoms. The van der Waals surface area contributed by atoms with E-state index in [1.165, 1.54) is 18.2 Å². The number of anilines is 1. The molecule has 17 heavy (non-hydrogen) atoms. The lowest BCUT2D eigenvalue weighted by atomic mass is 10.1. The van der Waals surface area contributed by atoms with Crippen molar-refractivity contribution in [3.63, 3.8) is 0 Å². The van der Waals surface area contributed by atoms with Crippen LogP contribution < -0.4 is 5.32 Å². The first-order valence-corrected chi connectivity index (χ1v) is 5.11. The summed E-state index contributed by atoms with van der Waals surface area (Å²) in [4.78, 5) is 25.5. The van der Waals surface area contributed by atoms with Gasteiger partial charge < -0.3 is 15.5 Å². The zero-order valence-corrected chi connectivity index (χ0v) is 9.54. The number of carboxylic acids is 2. The predicted molar refractivity (Wildman–Crippen MR) is 61.1 cm³/mol. The molecule has 0 saturated heterocycles. The molecule has 0 unspecified atom stereocenters. The topological polar surface area (TPSA) is 99.5 Å². The van der Waals surface area contributed by atoms with Crippen molar-refractivity contribution < 1.29 is 19.8 Å². The number of hydrogen-bond donors (Lipinski definition) is 3. The van der Waals surface area contributed by atoms with Gasteiger partial charge in [-0.2, -0.15) is 0 Å². The summed E-state index contributed by atoms with van der Waals surface area (Å²) in [6.07, 6.45) is 0. The number of nitrogens with one attached hydrogen (secondary N) is 1. The Balaban J connectivity index is 2.90. The van der Waals surface area contributed by atoms with Crippen molar-refractivity contribution in [1.29, 1.82) is 0 Å². The van der Waals surface area contributed by atoms with Crippen LogP contribution in [0.3, 0.4) is 0 Å². The first kappa shape index (κ1) is 13.0. The van der Waals surface area contributed by atoms with Gasteiger partial charge in [-0.25, -0.2) is 14.6 Å². The molecule has 1 atom stereocenters. The van der Waals surface area contributed by atoms with E-state index in [-0.39, 0.29) is 17.4 Å². The van der Waals surface area contributed by atoms with Gasteiger partial charge in [0.05, 0.1) is 0 Å². The van der Waals surface area contributed by atoms with E-state index < -0.39 is 18.0 Å². The van der Waals surface area contributed by atoms with E-state index in [2.05, 4.69) is 10.3 Å². The van der Waals surface area contributed by atoms with E-state index in [9.17, 15) is 9.59 Å². The summed E-state index contributed by atoms with van der Waals surface area (Å²) in [6.45, 7) is 3.51. The molecule has 3 N–H and O–H groups in total. The molecule has 0 aliphatic carbocycles. The van der Waals surface area contributed by atoms with Crippen LogP contribution in [-0.4, -0.2) is 33.2 Å². The summed E-state index contributed by atoms with van der Waals surface area (Å²) >= 11 is 0. The number of carbonyl (C=O) groups is 2. The highest BCUT2D eigenvalue weighted by Gasteiger charge is 2.21. The first-order valence-electron chi connectivity index (χ1n) is 5.11. The van der Waals surface area contributed by atoms with E-state index in [0.717, 1.165) is 0 Å². The van der Waals surface area contributed by atoms with Gasteiger partial charge >= 0.3 is 11.9 Å². The SMILES string of the molecule is CC(C)[C@H](Nc1cccc(C(=O)O)n1)C(=O)O. The summed E-state index contributed by atoms with van der Waals surface area (Å²) in [5.41, 5.74) is -0.122. The second kappa shape index (κ2) is 5.29. The highest BCUT2D eigenvalue weighted by Crippen LogP contribution is 2.11. The fraction of sp³-hybridized carbons (Fsp3) is 0.364. The van der Waals surface area contributed by atoms with Gasteiger partial charge in [-0.3, -0.25) is 0 Å². The molecule has 92 valence electrons.